The highest BCUT2D eigenvalue weighted by Gasteiger charge is 2.28. The molecule has 3 rings (SSSR count). The van der Waals surface area contributed by atoms with E-state index in [4.69, 9.17) is 4.74 Å². The predicted molar refractivity (Wildman–Crippen MR) is 108 cm³/mol. The zero-order chi connectivity index (χ0) is 19.3. The average Bonchev–Trinajstić information content (AvgIpc) is 2.69. The van der Waals surface area contributed by atoms with Gasteiger partial charge < -0.3 is 9.64 Å². The second-order valence-corrected chi connectivity index (χ2v) is 8.91. The molecule has 0 spiro atoms. The fourth-order valence-corrected chi connectivity index (χ4v) is 4.88. The Bertz CT molecular complexity index is 842. The number of hydrogen-bond acceptors (Lipinski definition) is 4. The first kappa shape index (κ1) is 19.9. The van der Waals surface area contributed by atoms with Crippen molar-refractivity contribution in [2.24, 2.45) is 0 Å². The first-order chi connectivity index (χ1) is 13.0. The summed E-state index contributed by atoms with van der Waals surface area (Å²) in [6.07, 6.45) is 2.00. The molecule has 0 aromatic heterocycles. The monoisotopic (exact) mass is 388 g/mol. The van der Waals surface area contributed by atoms with Crippen molar-refractivity contribution in [1.29, 1.82) is 0 Å². The van der Waals surface area contributed by atoms with Gasteiger partial charge in [0, 0.05) is 26.2 Å². The van der Waals surface area contributed by atoms with Gasteiger partial charge in [0.2, 0.25) is 10.0 Å². The fraction of sp³-hybridized carbons (Fsp3) is 0.429. The topological polar surface area (TPSA) is 49.9 Å². The van der Waals surface area contributed by atoms with Crippen LogP contribution in [0.5, 0.6) is 5.75 Å². The highest BCUT2D eigenvalue weighted by Crippen LogP contribution is 2.20. The Morgan fingerprint density at radius 3 is 2.30 bits per heavy atom. The molecule has 1 aliphatic rings. The molecule has 1 saturated heterocycles. The van der Waals surface area contributed by atoms with E-state index in [1.807, 2.05) is 37.3 Å². The van der Waals surface area contributed by atoms with E-state index >= 15 is 0 Å². The Labute approximate surface area is 162 Å². The molecule has 1 aliphatic heterocycles. The fourth-order valence-electron chi connectivity index (χ4n) is 3.46. The molecule has 5 nitrogen and oxygen atoms in total. The second-order valence-electron chi connectivity index (χ2n) is 6.97. The van der Waals surface area contributed by atoms with Crippen LogP contribution in [0, 0.1) is 6.92 Å². The number of piperazine rings is 1. The lowest BCUT2D eigenvalue weighted by Gasteiger charge is -2.34. The molecule has 146 valence electrons. The van der Waals surface area contributed by atoms with Crippen LogP contribution in [-0.2, 0) is 16.4 Å². The molecule has 0 radical (unpaired) electrons. The van der Waals surface area contributed by atoms with Gasteiger partial charge in [-0.1, -0.05) is 35.9 Å². The minimum Gasteiger partial charge on any atom is -0.496 e. The molecule has 2 aromatic rings. The SMILES string of the molecule is COc1ccccc1CCCN1CCN(S(=O)(=O)c2ccc(C)cc2)CC1. The molecule has 1 fully saturated rings. The van der Waals surface area contributed by atoms with E-state index < -0.39 is 10.0 Å². The number of hydrogen-bond donors (Lipinski definition) is 0. The van der Waals surface area contributed by atoms with Crippen molar-refractivity contribution in [3.63, 3.8) is 0 Å². The third-order valence-corrected chi connectivity index (χ3v) is 7.02. The van der Waals surface area contributed by atoms with Crippen molar-refractivity contribution < 1.29 is 13.2 Å². The van der Waals surface area contributed by atoms with Crippen LogP contribution in [0.15, 0.2) is 53.4 Å². The molecule has 0 unspecified atom stereocenters. The van der Waals surface area contributed by atoms with Gasteiger partial charge in [-0.2, -0.15) is 4.31 Å². The summed E-state index contributed by atoms with van der Waals surface area (Å²) in [5.74, 6) is 0.937. The molecule has 27 heavy (non-hydrogen) atoms. The highest BCUT2D eigenvalue weighted by atomic mass is 32.2. The molecule has 0 N–H and O–H groups in total. The zero-order valence-electron chi connectivity index (χ0n) is 16.1. The van der Waals surface area contributed by atoms with E-state index in [0.29, 0.717) is 18.0 Å². The molecular formula is C21H28N2O3S. The maximum atomic E-state index is 12.8. The Morgan fingerprint density at radius 1 is 0.963 bits per heavy atom. The number of sulfonamides is 1. The number of rotatable bonds is 7. The van der Waals surface area contributed by atoms with Crippen molar-refractivity contribution in [1.82, 2.24) is 9.21 Å². The van der Waals surface area contributed by atoms with Crippen LogP contribution in [0.3, 0.4) is 0 Å². The number of benzene rings is 2. The Hall–Kier alpha value is -1.89. The lowest BCUT2D eigenvalue weighted by molar-refractivity contribution is 0.186. The third-order valence-electron chi connectivity index (χ3n) is 5.10. The first-order valence-corrected chi connectivity index (χ1v) is 10.9. The summed E-state index contributed by atoms with van der Waals surface area (Å²) in [6, 6.07) is 15.2. The first-order valence-electron chi connectivity index (χ1n) is 9.42. The van der Waals surface area contributed by atoms with Crippen molar-refractivity contribution in [2.45, 2.75) is 24.7 Å². The van der Waals surface area contributed by atoms with Gasteiger partial charge >= 0.3 is 0 Å². The number of ether oxygens (including phenoxy) is 1. The lowest BCUT2D eigenvalue weighted by Crippen LogP contribution is -2.48. The van der Waals surface area contributed by atoms with Crippen LogP contribution in [0.1, 0.15) is 17.5 Å². The largest absolute Gasteiger partial charge is 0.496 e. The Balaban J connectivity index is 1.49. The Kier molecular flexibility index (Phi) is 6.52. The minimum atomic E-state index is -3.38. The van der Waals surface area contributed by atoms with Gasteiger partial charge in [0.1, 0.15) is 5.75 Å². The van der Waals surface area contributed by atoms with Crippen LogP contribution < -0.4 is 4.74 Å². The van der Waals surface area contributed by atoms with Gasteiger partial charge in [-0.3, -0.25) is 0 Å². The quantitative estimate of drug-likeness (QED) is 0.732. The van der Waals surface area contributed by atoms with Gasteiger partial charge in [-0.25, -0.2) is 8.42 Å². The number of para-hydroxylation sites is 1. The van der Waals surface area contributed by atoms with Crippen molar-refractivity contribution in [2.75, 3.05) is 39.8 Å². The number of nitrogens with zero attached hydrogens (tertiary/aromatic N) is 2. The van der Waals surface area contributed by atoms with Crippen LogP contribution in [-0.4, -0.2) is 57.5 Å². The summed E-state index contributed by atoms with van der Waals surface area (Å²) in [6.45, 7) is 5.57. The average molecular weight is 389 g/mol. The van der Waals surface area contributed by atoms with Gasteiger partial charge in [-0.05, 0) is 50.1 Å². The molecule has 0 bridgehead atoms. The normalized spacial score (nSPS) is 16.4. The molecular weight excluding hydrogens is 360 g/mol. The van der Waals surface area contributed by atoms with E-state index in [0.717, 1.165) is 43.8 Å². The minimum absolute atomic E-state index is 0.387. The van der Waals surface area contributed by atoms with Crippen LogP contribution >= 0.6 is 0 Å². The predicted octanol–water partition coefficient (Wildman–Crippen LogP) is 2.94. The maximum absolute atomic E-state index is 12.8. The summed E-state index contributed by atoms with van der Waals surface area (Å²) in [5, 5.41) is 0. The molecule has 0 amide bonds. The molecule has 1 heterocycles. The molecule has 6 heteroatoms. The van der Waals surface area contributed by atoms with E-state index in [-0.39, 0.29) is 0 Å². The van der Waals surface area contributed by atoms with Gasteiger partial charge in [0.05, 0.1) is 12.0 Å². The van der Waals surface area contributed by atoms with E-state index in [1.165, 1.54) is 5.56 Å². The summed E-state index contributed by atoms with van der Waals surface area (Å²) in [4.78, 5) is 2.73. The van der Waals surface area contributed by atoms with Crippen molar-refractivity contribution in [3.8, 4) is 5.75 Å². The number of aryl methyl sites for hydroxylation is 2. The van der Waals surface area contributed by atoms with E-state index in [1.54, 1.807) is 23.5 Å². The summed E-state index contributed by atoms with van der Waals surface area (Å²) in [7, 11) is -1.68. The van der Waals surface area contributed by atoms with Crippen LogP contribution in [0.25, 0.3) is 0 Å². The number of methoxy groups -OCH3 is 1. The molecule has 0 saturated carbocycles. The lowest BCUT2D eigenvalue weighted by atomic mass is 10.1. The van der Waals surface area contributed by atoms with E-state index in [2.05, 4.69) is 11.0 Å². The summed E-state index contributed by atoms with van der Waals surface area (Å²) < 4.78 is 32.5. The smallest absolute Gasteiger partial charge is 0.243 e. The highest BCUT2D eigenvalue weighted by molar-refractivity contribution is 7.89. The van der Waals surface area contributed by atoms with Crippen molar-refractivity contribution in [3.05, 3.63) is 59.7 Å². The van der Waals surface area contributed by atoms with Gasteiger partial charge in [-0.15, -0.1) is 0 Å². The van der Waals surface area contributed by atoms with Gasteiger partial charge in [0.25, 0.3) is 0 Å². The molecule has 0 atom stereocenters. The van der Waals surface area contributed by atoms with E-state index in [9.17, 15) is 8.42 Å². The Morgan fingerprint density at radius 2 is 1.63 bits per heavy atom. The zero-order valence-corrected chi connectivity index (χ0v) is 16.9. The summed E-state index contributed by atoms with van der Waals surface area (Å²) >= 11 is 0. The molecule has 2 aromatic carbocycles. The third kappa shape index (κ3) is 4.89. The van der Waals surface area contributed by atoms with Crippen LogP contribution in [0.2, 0.25) is 0 Å². The standard InChI is InChI=1S/C21H28N2O3S/c1-18-9-11-20(12-10-18)27(24,25)23-16-14-22(15-17-23)13-5-7-19-6-3-4-8-21(19)26-2/h3-4,6,8-12H,5,7,13-17H2,1-2H3. The second kappa shape index (κ2) is 8.87. The summed E-state index contributed by atoms with van der Waals surface area (Å²) in [5.41, 5.74) is 2.29. The van der Waals surface area contributed by atoms with Crippen LogP contribution in [0.4, 0.5) is 0 Å². The van der Waals surface area contributed by atoms with Gasteiger partial charge in [0.15, 0.2) is 0 Å². The maximum Gasteiger partial charge on any atom is 0.243 e. The van der Waals surface area contributed by atoms with Crippen molar-refractivity contribution >= 4 is 10.0 Å². The molecule has 0 aliphatic carbocycles.